The van der Waals surface area contributed by atoms with Gasteiger partial charge in [-0.15, -0.1) is 0 Å². The number of hydrogen-bond donors (Lipinski definition) is 2. The molecule has 1 fully saturated rings. The summed E-state index contributed by atoms with van der Waals surface area (Å²) in [5.74, 6) is -0.106. The highest BCUT2D eigenvalue weighted by Crippen LogP contribution is 2.12. The van der Waals surface area contributed by atoms with E-state index in [4.69, 9.17) is 9.52 Å². The lowest BCUT2D eigenvalue weighted by Gasteiger charge is -2.34. The van der Waals surface area contributed by atoms with Crippen LogP contribution in [0.15, 0.2) is 58.8 Å². The molecular weight excluding hydrogens is 346 g/mol. The molecule has 0 atom stereocenters. The maximum Gasteiger partial charge on any atom is 0.270 e. The van der Waals surface area contributed by atoms with Gasteiger partial charge in [0.25, 0.3) is 11.8 Å². The average molecular weight is 369 g/mol. The standard InChI is InChI=1S/C20H23N3O4/c24-13-12-22-8-10-23(11-9-22)20(26)18(15-17-7-4-14-27-17)21-19(25)16-5-2-1-3-6-16/h1-7,14-15,24H,8-13H2,(H,21,25). The molecule has 2 heterocycles. The normalized spacial score (nSPS) is 15.6. The van der Waals surface area contributed by atoms with E-state index in [2.05, 4.69) is 10.2 Å². The molecule has 1 aliphatic rings. The minimum atomic E-state index is -0.347. The van der Waals surface area contributed by atoms with Crippen molar-refractivity contribution < 1.29 is 19.1 Å². The number of aliphatic hydroxyl groups is 1. The number of furan rings is 1. The Balaban J connectivity index is 1.74. The van der Waals surface area contributed by atoms with Crippen LogP contribution in [0.3, 0.4) is 0 Å². The molecule has 7 nitrogen and oxygen atoms in total. The van der Waals surface area contributed by atoms with Gasteiger partial charge in [0, 0.05) is 44.4 Å². The van der Waals surface area contributed by atoms with E-state index >= 15 is 0 Å². The Morgan fingerprint density at radius 1 is 1.07 bits per heavy atom. The van der Waals surface area contributed by atoms with E-state index in [0.717, 1.165) is 0 Å². The average Bonchev–Trinajstić information content (AvgIpc) is 3.21. The van der Waals surface area contributed by atoms with Crippen molar-refractivity contribution in [3.05, 3.63) is 65.7 Å². The Bertz CT molecular complexity index is 779. The Morgan fingerprint density at radius 2 is 1.81 bits per heavy atom. The molecule has 7 heteroatoms. The van der Waals surface area contributed by atoms with Crippen LogP contribution in [0.5, 0.6) is 0 Å². The summed E-state index contributed by atoms with van der Waals surface area (Å²) in [4.78, 5) is 29.3. The zero-order valence-electron chi connectivity index (χ0n) is 15.0. The fraction of sp³-hybridized carbons (Fsp3) is 0.300. The van der Waals surface area contributed by atoms with Crippen LogP contribution in [0.4, 0.5) is 0 Å². The number of amides is 2. The van der Waals surface area contributed by atoms with Gasteiger partial charge in [0.1, 0.15) is 11.5 Å². The van der Waals surface area contributed by atoms with Crippen LogP contribution >= 0.6 is 0 Å². The zero-order chi connectivity index (χ0) is 19.1. The van der Waals surface area contributed by atoms with Crippen molar-refractivity contribution in [2.75, 3.05) is 39.3 Å². The first-order valence-electron chi connectivity index (χ1n) is 8.91. The molecule has 1 saturated heterocycles. The lowest BCUT2D eigenvalue weighted by atomic mass is 10.2. The van der Waals surface area contributed by atoms with E-state index in [1.807, 2.05) is 6.07 Å². The number of carbonyl (C=O) groups excluding carboxylic acids is 2. The van der Waals surface area contributed by atoms with Gasteiger partial charge in [0.2, 0.25) is 0 Å². The van der Waals surface area contributed by atoms with Gasteiger partial charge in [0.15, 0.2) is 0 Å². The summed E-state index contributed by atoms with van der Waals surface area (Å²) >= 11 is 0. The number of rotatable bonds is 6. The quantitative estimate of drug-likeness (QED) is 0.747. The van der Waals surface area contributed by atoms with Crippen molar-refractivity contribution in [2.24, 2.45) is 0 Å². The first kappa shape index (κ1) is 18.9. The van der Waals surface area contributed by atoms with Crippen LogP contribution in [0.1, 0.15) is 16.1 Å². The van der Waals surface area contributed by atoms with E-state index in [0.29, 0.717) is 44.0 Å². The van der Waals surface area contributed by atoms with Gasteiger partial charge in [-0.05, 0) is 24.3 Å². The van der Waals surface area contributed by atoms with Crippen molar-refractivity contribution in [3.8, 4) is 0 Å². The number of piperazine rings is 1. The molecule has 0 unspecified atom stereocenters. The summed E-state index contributed by atoms with van der Waals surface area (Å²) in [7, 11) is 0. The molecule has 0 aliphatic carbocycles. The molecule has 3 rings (SSSR count). The summed E-state index contributed by atoms with van der Waals surface area (Å²) in [5, 5.41) is 11.8. The molecule has 142 valence electrons. The summed E-state index contributed by atoms with van der Waals surface area (Å²) in [6, 6.07) is 12.2. The number of β-amino-alcohol motifs (C(OH)–C–C–N with tert-alkyl or cyclic N) is 1. The number of benzene rings is 1. The third-order valence-corrected chi connectivity index (χ3v) is 4.42. The lowest BCUT2D eigenvalue weighted by molar-refractivity contribution is -0.129. The molecule has 1 aromatic carbocycles. The van der Waals surface area contributed by atoms with Gasteiger partial charge < -0.3 is 19.7 Å². The van der Waals surface area contributed by atoms with Crippen LogP contribution in [0, 0.1) is 0 Å². The van der Waals surface area contributed by atoms with Crippen LogP contribution in [0.25, 0.3) is 6.08 Å². The highest BCUT2D eigenvalue weighted by molar-refractivity contribution is 6.05. The predicted molar refractivity (Wildman–Crippen MR) is 101 cm³/mol. The number of carbonyl (C=O) groups is 2. The Morgan fingerprint density at radius 3 is 2.44 bits per heavy atom. The summed E-state index contributed by atoms with van der Waals surface area (Å²) < 4.78 is 5.30. The minimum Gasteiger partial charge on any atom is -0.465 e. The number of nitrogens with zero attached hydrogens (tertiary/aromatic N) is 2. The van der Waals surface area contributed by atoms with Gasteiger partial charge >= 0.3 is 0 Å². The fourth-order valence-corrected chi connectivity index (χ4v) is 2.94. The van der Waals surface area contributed by atoms with Crippen LogP contribution in [0.2, 0.25) is 0 Å². The largest absolute Gasteiger partial charge is 0.465 e. The lowest BCUT2D eigenvalue weighted by Crippen LogP contribution is -2.50. The summed E-state index contributed by atoms with van der Waals surface area (Å²) in [5.41, 5.74) is 0.651. The Hall–Kier alpha value is -2.90. The molecule has 0 radical (unpaired) electrons. The van der Waals surface area contributed by atoms with E-state index in [9.17, 15) is 9.59 Å². The van der Waals surface area contributed by atoms with Gasteiger partial charge in [0.05, 0.1) is 12.9 Å². The van der Waals surface area contributed by atoms with E-state index in [1.165, 1.54) is 6.26 Å². The van der Waals surface area contributed by atoms with Crippen molar-refractivity contribution in [1.29, 1.82) is 0 Å². The van der Waals surface area contributed by atoms with Gasteiger partial charge in [-0.25, -0.2) is 0 Å². The van der Waals surface area contributed by atoms with Crippen molar-refractivity contribution in [2.45, 2.75) is 0 Å². The Kier molecular flexibility index (Phi) is 6.40. The Labute approximate surface area is 157 Å². The highest BCUT2D eigenvalue weighted by Gasteiger charge is 2.25. The smallest absolute Gasteiger partial charge is 0.270 e. The second-order valence-corrected chi connectivity index (χ2v) is 6.25. The first-order chi connectivity index (χ1) is 13.2. The molecule has 2 N–H and O–H groups in total. The molecule has 2 aromatic rings. The van der Waals surface area contributed by atoms with E-state index in [1.54, 1.807) is 47.4 Å². The van der Waals surface area contributed by atoms with Crippen molar-refractivity contribution in [3.63, 3.8) is 0 Å². The number of aliphatic hydroxyl groups excluding tert-OH is 1. The molecule has 0 bridgehead atoms. The van der Waals surface area contributed by atoms with Gasteiger partial charge in [-0.1, -0.05) is 18.2 Å². The zero-order valence-corrected chi connectivity index (χ0v) is 15.0. The highest BCUT2D eigenvalue weighted by atomic mass is 16.3. The molecule has 1 aromatic heterocycles. The van der Waals surface area contributed by atoms with Crippen LogP contribution < -0.4 is 5.32 Å². The van der Waals surface area contributed by atoms with Crippen LogP contribution in [-0.4, -0.2) is 66.1 Å². The third kappa shape index (κ3) is 5.06. The third-order valence-electron chi connectivity index (χ3n) is 4.42. The second-order valence-electron chi connectivity index (χ2n) is 6.25. The SMILES string of the molecule is O=C(NC(=Cc1ccco1)C(=O)N1CCN(CCO)CC1)c1ccccc1. The fourth-order valence-electron chi connectivity index (χ4n) is 2.94. The molecule has 0 spiro atoms. The monoisotopic (exact) mass is 369 g/mol. The number of hydrogen-bond acceptors (Lipinski definition) is 5. The molecule has 1 aliphatic heterocycles. The van der Waals surface area contributed by atoms with Gasteiger partial charge in [-0.2, -0.15) is 0 Å². The molecule has 27 heavy (non-hydrogen) atoms. The van der Waals surface area contributed by atoms with Crippen molar-refractivity contribution >= 4 is 17.9 Å². The van der Waals surface area contributed by atoms with Gasteiger partial charge in [-0.3, -0.25) is 14.5 Å². The summed E-state index contributed by atoms with van der Waals surface area (Å²) in [6.45, 7) is 3.15. The maximum atomic E-state index is 13.0. The van der Waals surface area contributed by atoms with E-state index < -0.39 is 0 Å². The maximum absolute atomic E-state index is 13.0. The molecule has 2 amide bonds. The summed E-state index contributed by atoms with van der Waals surface area (Å²) in [6.07, 6.45) is 3.06. The minimum absolute atomic E-state index is 0.102. The molecular formula is C20H23N3O4. The molecule has 0 saturated carbocycles. The predicted octanol–water partition coefficient (Wildman–Crippen LogP) is 1.19. The first-order valence-corrected chi connectivity index (χ1v) is 8.91. The van der Waals surface area contributed by atoms with Crippen molar-refractivity contribution in [1.82, 2.24) is 15.1 Å². The second kappa shape index (κ2) is 9.16. The number of nitrogens with one attached hydrogen (secondary N) is 1. The van der Waals surface area contributed by atoms with Crippen LogP contribution in [-0.2, 0) is 4.79 Å². The topological polar surface area (TPSA) is 86.0 Å². The van der Waals surface area contributed by atoms with E-state index in [-0.39, 0.29) is 24.1 Å².